The Balaban J connectivity index is 1.28. The maximum atomic E-state index is 14.0. The Bertz CT molecular complexity index is 1160. The zero-order chi connectivity index (χ0) is 24.4. The Morgan fingerprint density at radius 2 is 1.63 bits per heavy atom. The van der Waals surface area contributed by atoms with Gasteiger partial charge in [-0.1, -0.05) is 43.8 Å². The summed E-state index contributed by atoms with van der Waals surface area (Å²) >= 11 is 1.70. The minimum atomic E-state index is -0.250. The van der Waals surface area contributed by atoms with Crippen molar-refractivity contribution in [1.29, 1.82) is 0 Å². The quantitative estimate of drug-likeness (QED) is 0.387. The van der Waals surface area contributed by atoms with Gasteiger partial charge in [0.05, 0.1) is 0 Å². The molecule has 2 aliphatic heterocycles. The van der Waals surface area contributed by atoms with Crippen molar-refractivity contribution in [2.24, 2.45) is 0 Å². The third kappa shape index (κ3) is 5.71. The molecule has 0 unspecified atom stereocenters. The van der Waals surface area contributed by atoms with Crippen molar-refractivity contribution in [2.75, 3.05) is 39.3 Å². The molecule has 0 aromatic heterocycles. The number of ether oxygens (including phenoxy) is 1. The van der Waals surface area contributed by atoms with E-state index >= 15 is 0 Å². The third-order valence-electron chi connectivity index (χ3n) is 7.06. The molecule has 3 aromatic carbocycles. The number of benzene rings is 3. The van der Waals surface area contributed by atoms with Gasteiger partial charge in [0.2, 0.25) is 0 Å². The predicted molar refractivity (Wildman–Crippen MR) is 137 cm³/mol. The number of halogens is 2. The Labute approximate surface area is 211 Å². The first-order chi connectivity index (χ1) is 17.0. The molecule has 184 valence electrons. The highest BCUT2D eigenvalue weighted by Crippen LogP contribution is 2.44. The third-order valence-corrected chi connectivity index (χ3v) is 8.25. The highest BCUT2D eigenvalue weighted by atomic mass is 32.2. The summed E-state index contributed by atoms with van der Waals surface area (Å²) in [6.45, 7) is 9.82. The second-order valence-electron chi connectivity index (χ2n) is 9.71. The molecule has 6 heteroatoms. The smallest absolute Gasteiger partial charge is 0.124 e. The van der Waals surface area contributed by atoms with E-state index in [1.807, 2.05) is 6.07 Å². The van der Waals surface area contributed by atoms with E-state index in [4.69, 9.17) is 4.74 Å². The lowest BCUT2D eigenvalue weighted by atomic mass is 9.93. The summed E-state index contributed by atoms with van der Waals surface area (Å²) in [7, 11) is 0. The van der Waals surface area contributed by atoms with E-state index in [9.17, 15) is 8.78 Å². The number of nitrogens with zero attached hydrogens (tertiary/aromatic N) is 2. The Kier molecular flexibility index (Phi) is 7.42. The Morgan fingerprint density at radius 1 is 0.886 bits per heavy atom. The molecule has 1 fully saturated rings. The fourth-order valence-corrected chi connectivity index (χ4v) is 6.10. The zero-order valence-corrected chi connectivity index (χ0v) is 21.2. The van der Waals surface area contributed by atoms with Crippen LogP contribution in [0.25, 0.3) is 0 Å². The van der Waals surface area contributed by atoms with Crippen molar-refractivity contribution in [3.8, 4) is 5.75 Å². The molecule has 0 spiro atoms. The van der Waals surface area contributed by atoms with Gasteiger partial charge in [-0.05, 0) is 71.5 Å². The van der Waals surface area contributed by atoms with Crippen molar-refractivity contribution in [2.45, 2.75) is 42.0 Å². The molecule has 3 nitrogen and oxygen atoms in total. The topological polar surface area (TPSA) is 15.7 Å². The summed E-state index contributed by atoms with van der Waals surface area (Å²) in [5.41, 5.74) is 3.94. The van der Waals surface area contributed by atoms with Crippen LogP contribution in [0.4, 0.5) is 8.78 Å². The van der Waals surface area contributed by atoms with E-state index in [2.05, 4.69) is 41.8 Å². The number of fused-ring (bicyclic) bond motifs is 2. The van der Waals surface area contributed by atoms with Crippen molar-refractivity contribution in [3.63, 3.8) is 0 Å². The van der Waals surface area contributed by atoms with Crippen LogP contribution in [0.3, 0.4) is 0 Å². The van der Waals surface area contributed by atoms with E-state index in [-0.39, 0.29) is 17.7 Å². The standard InChI is InChI=1S/C29H32F2N2OS/c1-20(2)21-4-10-28-26(17-21)27(18-22-3-5-24(31)19-29(22)35-28)33-13-11-32(12-14-33)15-16-34-25-8-6-23(30)7-9-25/h3-10,17,19-20,27H,11-16,18H2,1-2H3/t27-/m1/s1. The maximum absolute atomic E-state index is 14.0. The molecule has 2 aliphatic rings. The van der Waals surface area contributed by atoms with E-state index in [1.54, 1.807) is 36.0 Å². The largest absolute Gasteiger partial charge is 0.492 e. The molecule has 0 radical (unpaired) electrons. The first-order valence-corrected chi connectivity index (χ1v) is 13.2. The van der Waals surface area contributed by atoms with E-state index in [1.165, 1.54) is 33.7 Å². The lowest BCUT2D eigenvalue weighted by Crippen LogP contribution is -2.49. The van der Waals surface area contributed by atoms with Gasteiger partial charge in [0.15, 0.2) is 0 Å². The predicted octanol–water partition coefficient (Wildman–Crippen LogP) is 6.53. The molecule has 0 bridgehead atoms. The minimum absolute atomic E-state index is 0.175. The van der Waals surface area contributed by atoms with Gasteiger partial charge in [0.1, 0.15) is 24.0 Å². The molecule has 0 amide bonds. The number of hydrogen-bond acceptors (Lipinski definition) is 4. The lowest BCUT2D eigenvalue weighted by molar-refractivity contribution is 0.0849. The van der Waals surface area contributed by atoms with E-state index in [0.717, 1.165) is 44.0 Å². The molecule has 0 N–H and O–H groups in total. The van der Waals surface area contributed by atoms with Crippen LogP contribution in [0.2, 0.25) is 0 Å². The minimum Gasteiger partial charge on any atom is -0.492 e. The van der Waals surface area contributed by atoms with Gasteiger partial charge in [0, 0.05) is 48.6 Å². The maximum Gasteiger partial charge on any atom is 0.124 e. The van der Waals surface area contributed by atoms with Crippen molar-refractivity contribution < 1.29 is 13.5 Å². The fourth-order valence-electron chi connectivity index (χ4n) is 4.96. The molecular formula is C29H32F2N2OS. The van der Waals surface area contributed by atoms with Gasteiger partial charge in [-0.3, -0.25) is 9.80 Å². The van der Waals surface area contributed by atoms with Gasteiger partial charge in [0.25, 0.3) is 0 Å². The van der Waals surface area contributed by atoms with Gasteiger partial charge in [-0.2, -0.15) is 0 Å². The van der Waals surface area contributed by atoms with Crippen LogP contribution < -0.4 is 4.74 Å². The highest BCUT2D eigenvalue weighted by Gasteiger charge is 2.30. The van der Waals surface area contributed by atoms with Crippen molar-refractivity contribution in [3.05, 3.63) is 89.0 Å². The van der Waals surface area contributed by atoms with Crippen LogP contribution in [0.1, 0.15) is 42.5 Å². The van der Waals surface area contributed by atoms with Gasteiger partial charge in [-0.25, -0.2) is 8.78 Å². The summed E-state index contributed by atoms with van der Waals surface area (Å²) in [5.74, 6) is 0.743. The molecule has 1 atom stereocenters. The van der Waals surface area contributed by atoms with Gasteiger partial charge >= 0.3 is 0 Å². The summed E-state index contributed by atoms with van der Waals surface area (Å²) in [6.07, 6.45) is 0.894. The van der Waals surface area contributed by atoms with Crippen molar-refractivity contribution >= 4 is 11.8 Å². The fraction of sp³-hybridized carbons (Fsp3) is 0.379. The second kappa shape index (κ2) is 10.7. The van der Waals surface area contributed by atoms with Gasteiger partial charge in [-0.15, -0.1) is 0 Å². The van der Waals surface area contributed by atoms with Crippen LogP contribution in [-0.2, 0) is 6.42 Å². The Morgan fingerprint density at radius 3 is 2.37 bits per heavy atom. The Hall–Kier alpha value is -2.41. The number of piperazine rings is 1. The van der Waals surface area contributed by atoms with Crippen LogP contribution in [0, 0.1) is 11.6 Å². The SMILES string of the molecule is CC(C)c1ccc2c(c1)[C@H](N1CCN(CCOc3ccc(F)cc3)CC1)Cc1ccc(F)cc1S2. The molecule has 35 heavy (non-hydrogen) atoms. The second-order valence-corrected chi connectivity index (χ2v) is 10.8. The molecule has 5 rings (SSSR count). The summed E-state index contributed by atoms with van der Waals surface area (Å²) < 4.78 is 32.9. The molecule has 0 saturated carbocycles. The lowest BCUT2D eigenvalue weighted by Gasteiger charge is -2.39. The van der Waals surface area contributed by atoms with Crippen LogP contribution in [0.15, 0.2) is 70.5 Å². The van der Waals surface area contributed by atoms with E-state index in [0.29, 0.717) is 18.3 Å². The average molecular weight is 495 g/mol. The van der Waals surface area contributed by atoms with Crippen LogP contribution >= 0.6 is 11.8 Å². The molecule has 2 heterocycles. The van der Waals surface area contributed by atoms with E-state index < -0.39 is 0 Å². The highest BCUT2D eigenvalue weighted by molar-refractivity contribution is 7.99. The first kappa shape index (κ1) is 24.3. The van der Waals surface area contributed by atoms with Crippen molar-refractivity contribution in [1.82, 2.24) is 9.80 Å². The normalized spacial score (nSPS) is 18.7. The molecule has 3 aromatic rings. The number of hydrogen-bond donors (Lipinski definition) is 0. The van der Waals surface area contributed by atoms with Gasteiger partial charge < -0.3 is 4.74 Å². The van der Waals surface area contributed by atoms with Crippen LogP contribution in [-0.4, -0.2) is 49.1 Å². The zero-order valence-electron chi connectivity index (χ0n) is 20.3. The monoisotopic (exact) mass is 494 g/mol. The molecule has 0 aliphatic carbocycles. The first-order valence-electron chi connectivity index (χ1n) is 12.4. The number of rotatable bonds is 6. The average Bonchev–Trinajstić information content (AvgIpc) is 3.01. The van der Waals surface area contributed by atoms with Crippen LogP contribution in [0.5, 0.6) is 5.75 Å². The summed E-state index contributed by atoms with van der Waals surface area (Å²) in [6, 6.07) is 18.5. The molecular weight excluding hydrogens is 462 g/mol. The molecule has 1 saturated heterocycles. The summed E-state index contributed by atoms with van der Waals surface area (Å²) in [5, 5.41) is 0. The summed E-state index contributed by atoms with van der Waals surface area (Å²) in [4.78, 5) is 7.29.